The Kier molecular flexibility index (Phi) is 2.73. The van der Waals surface area contributed by atoms with Gasteiger partial charge in [-0.2, -0.15) is 0 Å². The largest absolute Gasteiger partial charge is 0.135 e. The fraction of sp³-hybridized carbons (Fsp3) is 0.111. The van der Waals surface area contributed by atoms with Crippen LogP contribution in [0.1, 0.15) is 5.56 Å². The summed E-state index contributed by atoms with van der Waals surface area (Å²) in [4.78, 5) is 0. The van der Waals surface area contributed by atoms with Crippen LogP contribution in [0.3, 0.4) is 0 Å². The number of benzene rings is 1. The molecule has 0 aliphatic carbocycles. The van der Waals surface area contributed by atoms with Gasteiger partial charge in [0.2, 0.25) is 0 Å². The van der Waals surface area contributed by atoms with Crippen LogP contribution in [-0.4, -0.2) is 5.75 Å². The molecule has 0 aromatic heterocycles. The van der Waals surface area contributed by atoms with E-state index in [0.29, 0.717) is 0 Å². The molecular formula is C9H8S3. The highest BCUT2D eigenvalue weighted by atomic mass is 33.1. The number of hydrogen-bond acceptors (Lipinski definition) is 3. The molecule has 12 heavy (non-hydrogen) atoms. The van der Waals surface area contributed by atoms with Gasteiger partial charge < -0.3 is 0 Å². The molecule has 0 spiro atoms. The van der Waals surface area contributed by atoms with E-state index in [4.69, 9.17) is 0 Å². The fourth-order valence-electron chi connectivity index (χ4n) is 1.10. The highest BCUT2D eigenvalue weighted by Gasteiger charge is 2.13. The second kappa shape index (κ2) is 3.81. The van der Waals surface area contributed by atoms with Crippen molar-refractivity contribution in [2.45, 2.75) is 0 Å². The maximum atomic E-state index is 4.42. The van der Waals surface area contributed by atoms with Crippen LogP contribution in [0.25, 0.3) is 5.57 Å². The molecule has 0 atom stereocenters. The minimum atomic E-state index is 1.08. The number of thiol groups is 1. The van der Waals surface area contributed by atoms with Crippen LogP contribution in [0.15, 0.2) is 34.6 Å². The lowest BCUT2D eigenvalue weighted by Gasteiger charge is -2.00. The Morgan fingerprint density at radius 3 is 2.50 bits per heavy atom. The van der Waals surface area contributed by atoms with Crippen LogP contribution >= 0.6 is 34.2 Å². The molecule has 0 unspecified atom stereocenters. The van der Waals surface area contributed by atoms with E-state index < -0.39 is 0 Å². The summed E-state index contributed by atoms with van der Waals surface area (Å²) in [6.45, 7) is 0. The molecule has 1 aromatic carbocycles. The van der Waals surface area contributed by atoms with Crippen molar-refractivity contribution < 1.29 is 0 Å². The maximum Gasteiger partial charge on any atom is 0.0527 e. The molecule has 0 saturated heterocycles. The molecule has 1 aliphatic rings. The molecule has 1 aromatic rings. The molecule has 62 valence electrons. The summed E-state index contributed by atoms with van der Waals surface area (Å²) in [5.74, 6) is 1.08. The van der Waals surface area contributed by atoms with Gasteiger partial charge in [-0.25, -0.2) is 0 Å². The van der Waals surface area contributed by atoms with Crippen LogP contribution in [0, 0.1) is 0 Å². The van der Waals surface area contributed by atoms with E-state index in [9.17, 15) is 0 Å². The predicted molar refractivity (Wildman–Crippen MR) is 62.4 cm³/mol. The first-order valence-corrected chi connectivity index (χ1v) is 6.41. The van der Waals surface area contributed by atoms with Crippen molar-refractivity contribution >= 4 is 39.8 Å². The first kappa shape index (κ1) is 8.60. The Hall–Kier alpha value is 0.01000. The highest BCUT2D eigenvalue weighted by molar-refractivity contribution is 8.80. The molecule has 1 heterocycles. The molecule has 3 heteroatoms. The summed E-state index contributed by atoms with van der Waals surface area (Å²) in [6.07, 6.45) is 0. The summed E-state index contributed by atoms with van der Waals surface area (Å²) < 4.78 is 1.16. The zero-order valence-corrected chi connectivity index (χ0v) is 8.88. The molecule has 0 saturated carbocycles. The molecule has 0 amide bonds. The van der Waals surface area contributed by atoms with Crippen LogP contribution < -0.4 is 0 Å². The molecule has 0 fully saturated rings. The van der Waals surface area contributed by atoms with E-state index in [1.54, 1.807) is 10.8 Å². The van der Waals surface area contributed by atoms with Crippen molar-refractivity contribution in [2.24, 2.45) is 0 Å². The van der Waals surface area contributed by atoms with Crippen molar-refractivity contribution in [1.29, 1.82) is 0 Å². The lowest BCUT2D eigenvalue weighted by atomic mass is 10.1. The van der Waals surface area contributed by atoms with E-state index in [0.717, 1.165) is 9.99 Å². The highest BCUT2D eigenvalue weighted by Crippen LogP contribution is 2.46. The van der Waals surface area contributed by atoms with Crippen molar-refractivity contribution in [2.75, 3.05) is 5.75 Å². The summed E-state index contributed by atoms with van der Waals surface area (Å²) >= 11 is 4.42. The SMILES string of the molecule is SC1=C(c2ccccc2)CSS1. The van der Waals surface area contributed by atoms with Crippen LogP contribution in [-0.2, 0) is 0 Å². The smallest absolute Gasteiger partial charge is 0.0527 e. The molecule has 0 N–H and O–H groups in total. The van der Waals surface area contributed by atoms with Gasteiger partial charge >= 0.3 is 0 Å². The third kappa shape index (κ3) is 1.68. The van der Waals surface area contributed by atoms with E-state index >= 15 is 0 Å². The van der Waals surface area contributed by atoms with Gasteiger partial charge in [-0.3, -0.25) is 0 Å². The summed E-state index contributed by atoms with van der Waals surface area (Å²) in [7, 11) is 3.61. The van der Waals surface area contributed by atoms with Crippen LogP contribution in [0.4, 0.5) is 0 Å². The van der Waals surface area contributed by atoms with Crippen LogP contribution in [0.5, 0.6) is 0 Å². The van der Waals surface area contributed by atoms with E-state index in [1.807, 2.05) is 16.9 Å². The topological polar surface area (TPSA) is 0 Å². The molecule has 1 aliphatic heterocycles. The Morgan fingerprint density at radius 2 is 1.92 bits per heavy atom. The number of hydrogen-bond donors (Lipinski definition) is 1. The fourth-order valence-corrected chi connectivity index (χ4v) is 4.04. The van der Waals surface area contributed by atoms with Gasteiger partial charge in [0.25, 0.3) is 0 Å². The van der Waals surface area contributed by atoms with E-state index in [-0.39, 0.29) is 0 Å². The zero-order valence-electron chi connectivity index (χ0n) is 6.36. The Morgan fingerprint density at radius 1 is 1.17 bits per heavy atom. The minimum absolute atomic E-state index is 1.08. The first-order valence-electron chi connectivity index (χ1n) is 3.65. The van der Waals surface area contributed by atoms with Crippen molar-refractivity contribution in [3.05, 3.63) is 40.1 Å². The minimum Gasteiger partial charge on any atom is -0.135 e. The standard InChI is InChI=1S/C9H8S3/c10-9-8(6-11-12-9)7-4-2-1-3-5-7/h1-5,10H,6H2. The van der Waals surface area contributed by atoms with Gasteiger partial charge in [-0.1, -0.05) is 51.9 Å². The van der Waals surface area contributed by atoms with Crippen LogP contribution in [0.2, 0.25) is 0 Å². The van der Waals surface area contributed by atoms with E-state index in [2.05, 4.69) is 36.9 Å². The quantitative estimate of drug-likeness (QED) is 0.557. The van der Waals surface area contributed by atoms with Gasteiger partial charge in [0.05, 0.1) is 4.24 Å². The van der Waals surface area contributed by atoms with Gasteiger partial charge in [0.1, 0.15) is 0 Å². The van der Waals surface area contributed by atoms with Crippen molar-refractivity contribution in [3.63, 3.8) is 0 Å². The summed E-state index contributed by atoms with van der Waals surface area (Å²) in [6, 6.07) is 10.4. The van der Waals surface area contributed by atoms with E-state index in [1.165, 1.54) is 11.1 Å². The normalized spacial score (nSPS) is 17.1. The number of rotatable bonds is 1. The zero-order chi connectivity index (χ0) is 8.39. The van der Waals surface area contributed by atoms with Gasteiger partial charge in [0, 0.05) is 5.75 Å². The molecule has 0 nitrogen and oxygen atoms in total. The second-order valence-electron chi connectivity index (χ2n) is 2.50. The maximum absolute atomic E-state index is 4.42. The summed E-state index contributed by atoms with van der Waals surface area (Å²) in [5.41, 5.74) is 2.67. The Bertz CT molecular complexity index is 303. The van der Waals surface area contributed by atoms with Gasteiger partial charge in [0.15, 0.2) is 0 Å². The average molecular weight is 212 g/mol. The predicted octanol–water partition coefficient (Wildman–Crippen LogP) is 3.68. The Labute approximate surface area is 85.6 Å². The monoisotopic (exact) mass is 212 g/mol. The average Bonchev–Trinajstić information content (AvgIpc) is 2.53. The third-order valence-corrected chi connectivity index (χ3v) is 4.77. The van der Waals surface area contributed by atoms with Crippen molar-refractivity contribution in [1.82, 2.24) is 0 Å². The van der Waals surface area contributed by atoms with Gasteiger partial charge in [-0.05, 0) is 11.1 Å². The molecule has 2 rings (SSSR count). The lowest BCUT2D eigenvalue weighted by molar-refractivity contribution is 1.59. The second-order valence-corrected chi connectivity index (χ2v) is 5.55. The molecular weight excluding hydrogens is 204 g/mol. The van der Waals surface area contributed by atoms with Gasteiger partial charge in [-0.15, -0.1) is 12.6 Å². The molecule has 0 radical (unpaired) electrons. The third-order valence-electron chi connectivity index (χ3n) is 1.72. The Balaban J connectivity index is 2.37. The first-order chi connectivity index (χ1) is 5.88. The van der Waals surface area contributed by atoms with Crippen molar-refractivity contribution in [3.8, 4) is 0 Å². The lowest BCUT2D eigenvalue weighted by Crippen LogP contribution is -1.83. The molecule has 0 bridgehead atoms. The summed E-state index contributed by atoms with van der Waals surface area (Å²) in [5, 5.41) is 0.